The van der Waals surface area contributed by atoms with Gasteiger partial charge in [0.2, 0.25) is 11.8 Å². The molecule has 0 radical (unpaired) electrons. The Morgan fingerprint density at radius 3 is 2.79 bits per heavy atom. The topological polar surface area (TPSA) is 83.7 Å². The molecule has 180 valence electrons. The van der Waals surface area contributed by atoms with Gasteiger partial charge < -0.3 is 24.7 Å². The van der Waals surface area contributed by atoms with Gasteiger partial charge in [0.25, 0.3) is 0 Å². The predicted octanol–water partition coefficient (Wildman–Crippen LogP) is 3.69. The van der Waals surface area contributed by atoms with Gasteiger partial charge in [0.15, 0.2) is 11.5 Å². The monoisotopic (exact) mass is 463 g/mol. The third-order valence-electron chi connectivity index (χ3n) is 6.18. The molecule has 2 amide bonds. The molecule has 7 nitrogen and oxygen atoms in total. The van der Waals surface area contributed by atoms with Gasteiger partial charge in [0.05, 0.1) is 20.3 Å². The first-order chi connectivity index (χ1) is 16.5. The molecular weight excluding hydrogens is 430 g/mol. The van der Waals surface area contributed by atoms with E-state index >= 15 is 0 Å². The number of nitrogens with zero attached hydrogens (tertiary/aromatic N) is 1. The van der Waals surface area contributed by atoms with Crippen LogP contribution in [-0.4, -0.2) is 55.0 Å². The highest BCUT2D eigenvalue weighted by atomic mass is 16.5. The lowest BCUT2D eigenvalue weighted by Gasteiger charge is -2.24. The van der Waals surface area contributed by atoms with Gasteiger partial charge in [-0.05, 0) is 42.2 Å². The van der Waals surface area contributed by atoms with Crippen molar-refractivity contribution in [1.29, 1.82) is 0 Å². The van der Waals surface area contributed by atoms with E-state index in [0.717, 1.165) is 28.6 Å². The number of fused-ring (bicyclic) bond motifs is 5. The fourth-order valence-corrected chi connectivity index (χ4v) is 4.47. The Balaban J connectivity index is 1.67. The molecule has 3 aromatic rings. The second kappa shape index (κ2) is 10.6. The fraction of sp³-hybridized carbons (Fsp3) is 0.407. The zero-order valence-corrected chi connectivity index (χ0v) is 20.1. The number of benzene rings is 2. The summed E-state index contributed by atoms with van der Waals surface area (Å²) in [5.41, 5.74) is 4.50. The van der Waals surface area contributed by atoms with E-state index in [4.69, 9.17) is 9.47 Å². The number of carbonyl (C=O) groups excluding carboxylic acids is 2. The number of hydrogen-bond donors (Lipinski definition) is 2. The number of H-pyrrole nitrogens is 1. The number of hydrogen-bond acceptors (Lipinski definition) is 4. The van der Waals surface area contributed by atoms with Crippen molar-refractivity contribution in [2.45, 2.75) is 33.1 Å². The molecule has 2 bridgehead atoms. The van der Waals surface area contributed by atoms with E-state index in [2.05, 4.69) is 28.5 Å². The molecule has 0 spiro atoms. The van der Waals surface area contributed by atoms with Crippen LogP contribution in [0.4, 0.5) is 0 Å². The largest absolute Gasteiger partial charge is 0.493 e. The first-order valence-corrected chi connectivity index (χ1v) is 11.9. The van der Waals surface area contributed by atoms with E-state index in [-0.39, 0.29) is 24.3 Å². The smallest absolute Gasteiger partial charge is 0.239 e. The Morgan fingerprint density at radius 2 is 2.00 bits per heavy atom. The molecule has 34 heavy (non-hydrogen) atoms. The van der Waals surface area contributed by atoms with Crippen molar-refractivity contribution in [3.05, 3.63) is 59.3 Å². The van der Waals surface area contributed by atoms with Crippen molar-refractivity contribution >= 4 is 22.7 Å². The molecule has 0 fully saturated rings. The van der Waals surface area contributed by atoms with Gasteiger partial charge in [0.1, 0.15) is 0 Å². The zero-order valence-electron chi connectivity index (χ0n) is 20.1. The molecule has 0 atom stereocenters. The summed E-state index contributed by atoms with van der Waals surface area (Å²) in [6, 6.07) is 14.2. The summed E-state index contributed by atoms with van der Waals surface area (Å²) in [5, 5.41) is 4.17. The lowest BCUT2D eigenvalue weighted by Crippen LogP contribution is -2.43. The lowest BCUT2D eigenvalue weighted by molar-refractivity contribution is -0.138. The number of aromatic amines is 1. The molecule has 2 aromatic carbocycles. The Kier molecular flexibility index (Phi) is 7.40. The second-order valence-corrected chi connectivity index (χ2v) is 9.01. The number of para-hydroxylation sites is 1. The van der Waals surface area contributed by atoms with Crippen molar-refractivity contribution in [2.24, 2.45) is 5.92 Å². The third kappa shape index (κ3) is 5.35. The van der Waals surface area contributed by atoms with Gasteiger partial charge in [0, 0.05) is 42.0 Å². The van der Waals surface area contributed by atoms with Crippen LogP contribution in [0, 0.1) is 5.92 Å². The van der Waals surface area contributed by atoms with Crippen molar-refractivity contribution in [3.8, 4) is 11.5 Å². The average Bonchev–Trinajstić information content (AvgIpc) is 3.17. The van der Waals surface area contributed by atoms with E-state index < -0.39 is 0 Å². The normalized spacial score (nSPS) is 15.5. The molecule has 0 saturated carbocycles. The molecule has 0 unspecified atom stereocenters. The summed E-state index contributed by atoms with van der Waals surface area (Å²) < 4.78 is 11.6. The van der Waals surface area contributed by atoms with Gasteiger partial charge in [-0.2, -0.15) is 0 Å². The van der Waals surface area contributed by atoms with Crippen LogP contribution in [0.3, 0.4) is 0 Å². The minimum absolute atomic E-state index is 0.0326. The number of ether oxygens (including phenoxy) is 2. The van der Waals surface area contributed by atoms with Gasteiger partial charge in [-0.3, -0.25) is 9.59 Å². The van der Waals surface area contributed by atoms with E-state index in [1.165, 1.54) is 5.56 Å². The van der Waals surface area contributed by atoms with Crippen LogP contribution in [0.25, 0.3) is 10.9 Å². The first kappa shape index (κ1) is 23.7. The molecule has 0 aliphatic carbocycles. The maximum atomic E-state index is 12.7. The van der Waals surface area contributed by atoms with Crippen LogP contribution in [0.15, 0.2) is 42.5 Å². The predicted molar refractivity (Wildman–Crippen MR) is 132 cm³/mol. The lowest BCUT2D eigenvalue weighted by atomic mass is 10.0. The molecule has 2 N–H and O–H groups in total. The van der Waals surface area contributed by atoms with Gasteiger partial charge in [-0.15, -0.1) is 0 Å². The number of carbonyl (C=O) groups is 2. The molecule has 1 aromatic heterocycles. The number of nitrogens with one attached hydrogen (secondary N) is 2. The van der Waals surface area contributed by atoms with E-state index in [9.17, 15) is 9.59 Å². The summed E-state index contributed by atoms with van der Waals surface area (Å²) in [4.78, 5) is 30.6. The Labute approximate surface area is 200 Å². The molecule has 2 heterocycles. The van der Waals surface area contributed by atoms with E-state index in [1.807, 2.05) is 38.1 Å². The number of amides is 2. The van der Waals surface area contributed by atoms with Crippen molar-refractivity contribution < 1.29 is 19.1 Å². The van der Waals surface area contributed by atoms with Crippen LogP contribution < -0.4 is 14.8 Å². The van der Waals surface area contributed by atoms with Gasteiger partial charge in [-0.25, -0.2) is 0 Å². The van der Waals surface area contributed by atoms with Crippen molar-refractivity contribution in [3.63, 3.8) is 0 Å². The molecule has 7 heteroatoms. The second-order valence-electron chi connectivity index (χ2n) is 9.01. The van der Waals surface area contributed by atoms with Crippen molar-refractivity contribution in [2.75, 3.05) is 33.4 Å². The van der Waals surface area contributed by atoms with Crippen LogP contribution in [0.5, 0.6) is 11.5 Å². The molecule has 1 aliphatic heterocycles. The van der Waals surface area contributed by atoms with E-state index in [1.54, 1.807) is 12.0 Å². The van der Waals surface area contributed by atoms with E-state index in [0.29, 0.717) is 44.0 Å². The summed E-state index contributed by atoms with van der Waals surface area (Å²) in [5.74, 6) is 1.01. The number of aromatic nitrogens is 1. The number of rotatable bonds is 2. The summed E-state index contributed by atoms with van der Waals surface area (Å²) in [7, 11) is 1.63. The summed E-state index contributed by atoms with van der Waals surface area (Å²) in [6.07, 6.45) is 2.03. The Bertz CT molecular complexity index is 1170. The molecule has 4 rings (SSSR count). The maximum absolute atomic E-state index is 12.7. The Morgan fingerprint density at radius 1 is 1.18 bits per heavy atom. The zero-order chi connectivity index (χ0) is 24.1. The van der Waals surface area contributed by atoms with Gasteiger partial charge >= 0.3 is 0 Å². The third-order valence-corrected chi connectivity index (χ3v) is 6.18. The summed E-state index contributed by atoms with van der Waals surface area (Å²) in [6.45, 7) is 5.14. The van der Waals surface area contributed by atoms with Crippen molar-refractivity contribution in [1.82, 2.24) is 15.2 Å². The maximum Gasteiger partial charge on any atom is 0.239 e. The molecular formula is C27H33N3O4. The highest BCUT2D eigenvalue weighted by molar-refractivity contribution is 5.86. The fourth-order valence-electron chi connectivity index (χ4n) is 4.47. The SMILES string of the molecule is COc1ccc2cc1OCCCN(C(=O)C(C)C)CC(=O)NCCc1c([nH]c3ccccc13)C2. The first-order valence-electron chi connectivity index (χ1n) is 11.9. The van der Waals surface area contributed by atoms with Gasteiger partial charge in [-0.1, -0.05) is 38.1 Å². The molecule has 1 aliphatic rings. The van der Waals surface area contributed by atoms with Crippen LogP contribution in [0.1, 0.15) is 37.1 Å². The molecule has 0 saturated heterocycles. The minimum Gasteiger partial charge on any atom is -0.493 e. The standard InChI is InChI=1S/C27H33N3O4/c1-18(2)27(32)30-13-6-14-34-25-16-19(9-10-24(25)33-3)15-23-21(11-12-28-26(31)17-30)20-7-4-5-8-22(20)29-23/h4-5,7-10,16,18,29H,6,11-15,17H2,1-3H3,(H,28,31). The highest BCUT2D eigenvalue weighted by Crippen LogP contribution is 2.31. The van der Waals surface area contributed by atoms with Crippen LogP contribution >= 0.6 is 0 Å². The average molecular weight is 464 g/mol. The number of methoxy groups -OCH3 is 1. The highest BCUT2D eigenvalue weighted by Gasteiger charge is 2.20. The van der Waals surface area contributed by atoms with Crippen LogP contribution in [-0.2, 0) is 22.4 Å². The summed E-state index contributed by atoms with van der Waals surface area (Å²) >= 11 is 0. The quantitative estimate of drug-likeness (QED) is 0.607. The minimum atomic E-state index is -0.176. The Hall–Kier alpha value is -3.48. The van der Waals surface area contributed by atoms with Crippen LogP contribution in [0.2, 0.25) is 0 Å².